The fourth-order valence-electron chi connectivity index (χ4n) is 1.36. The van der Waals surface area contributed by atoms with Crippen LogP contribution in [0.1, 0.15) is 12.0 Å². The lowest BCUT2D eigenvalue weighted by molar-refractivity contribution is -0.138. The van der Waals surface area contributed by atoms with Crippen LogP contribution < -0.4 is 4.74 Å². The highest BCUT2D eigenvalue weighted by Gasteiger charge is 2.00. The SMILES string of the molecule is C=CC(=O)OCCOc1ccc(CCC(=O)O)cc1. The summed E-state index contributed by atoms with van der Waals surface area (Å²) in [5.74, 6) is -0.647. The molecule has 1 N–H and O–H groups in total. The maximum absolute atomic E-state index is 10.8. The van der Waals surface area contributed by atoms with E-state index in [1.165, 1.54) is 0 Å². The van der Waals surface area contributed by atoms with Gasteiger partial charge in [-0.25, -0.2) is 4.79 Å². The summed E-state index contributed by atoms with van der Waals surface area (Å²) in [6, 6.07) is 7.14. The Hall–Kier alpha value is -2.30. The topological polar surface area (TPSA) is 72.8 Å². The molecule has 0 aliphatic carbocycles. The maximum atomic E-state index is 10.8. The molecule has 0 heterocycles. The van der Waals surface area contributed by atoms with Gasteiger partial charge in [-0.15, -0.1) is 0 Å². The van der Waals surface area contributed by atoms with Crippen molar-refractivity contribution in [1.82, 2.24) is 0 Å². The van der Waals surface area contributed by atoms with Gasteiger partial charge < -0.3 is 14.6 Å². The molecule has 0 unspecified atom stereocenters. The van der Waals surface area contributed by atoms with Gasteiger partial charge in [0, 0.05) is 12.5 Å². The van der Waals surface area contributed by atoms with E-state index < -0.39 is 11.9 Å². The number of aryl methyl sites for hydroxylation is 1. The number of benzene rings is 1. The molecule has 1 aromatic rings. The highest BCUT2D eigenvalue weighted by Crippen LogP contribution is 2.13. The van der Waals surface area contributed by atoms with E-state index in [1.807, 2.05) is 12.1 Å². The van der Waals surface area contributed by atoms with Crippen molar-refractivity contribution in [2.45, 2.75) is 12.8 Å². The molecule has 0 atom stereocenters. The highest BCUT2D eigenvalue weighted by atomic mass is 16.6. The number of aliphatic carboxylic acids is 1. The molecular weight excluding hydrogens is 248 g/mol. The normalized spacial score (nSPS) is 9.68. The van der Waals surface area contributed by atoms with Crippen LogP contribution in [0.2, 0.25) is 0 Å². The fourth-order valence-corrected chi connectivity index (χ4v) is 1.36. The molecule has 0 saturated heterocycles. The predicted octanol–water partition coefficient (Wildman–Crippen LogP) is 1.81. The third kappa shape index (κ3) is 6.26. The van der Waals surface area contributed by atoms with Crippen molar-refractivity contribution in [3.8, 4) is 5.75 Å². The van der Waals surface area contributed by atoms with Gasteiger partial charge in [-0.05, 0) is 24.1 Å². The predicted molar refractivity (Wildman–Crippen MR) is 69.0 cm³/mol. The third-order valence-electron chi connectivity index (χ3n) is 2.31. The molecule has 1 aromatic carbocycles. The van der Waals surface area contributed by atoms with E-state index in [-0.39, 0.29) is 19.6 Å². The van der Waals surface area contributed by atoms with Gasteiger partial charge in [-0.3, -0.25) is 4.79 Å². The van der Waals surface area contributed by atoms with Gasteiger partial charge in [0.1, 0.15) is 19.0 Å². The minimum Gasteiger partial charge on any atom is -0.490 e. The molecule has 0 spiro atoms. The van der Waals surface area contributed by atoms with Crippen LogP contribution in [0.5, 0.6) is 5.75 Å². The van der Waals surface area contributed by atoms with E-state index in [9.17, 15) is 9.59 Å². The van der Waals surface area contributed by atoms with Crippen molar-refractivity contribution in [1.29, 1.82) is 0 Å². The van der Waals surface area contributed by atoms with Crippen LogP contribution in [0.4, 0.5) is 0 Å². The Morgan fingerprint density at radius 2 is 1.89 bits per heavy atom. The first-order chi connectivity index (χ1) is 9.11. The van der Waals surface area contributed by atoms with Gasteiger partial charge in [0.2, 0.25) is 0 Å². The second-order valence-corrected chi connectivity index (χ2v) is 3.76. The van der Waals surface area contributed by atoms with E-state index in [2.05, 4.69) is 6.58 Å². The number of carboxylic acid groups (broad SMARTS) is 1. The molecule has 0 fully saturated rings. The summed E-state index contributed by atoms with van der Waals surface area (Å²) in [4.78, 5) is 21.2. The summed E-state index contributed by atoms with van der Waals surface area (Å²) in [6.07, 6.45) is 1.70. The summed E-state index contributed by atoms with van der Waals surface area (Å²) in [6.45, 7) is 3.70. The molecule has 0 saturated carbocycles. The summed E-state index contributed by atoms with van der Waals surface area (Å²) in [5.41, 5.74) is 0.938. The average Bonchev–Trinajstić information content (AvgIpc) is 2.42. The molecule has 0 aromatic heterocycles. The number of esters is 1. The molecule has 19 heavy (non-hydrogen) atoms. The van der Waals surface area contributed by atoms with Crippen LogP contribution in [0.25, 0.3) is 0 Å². The van der Waals surface area contributed by atoms with E-state index in [0.29, 0.717) is 12.2 Å². The van der Waals surface area contributed by atoms with Crippen LogP contribution in [-0.4, -0.2) is 30.3 Å². The van der Waals surface area contributed by atoms with Gasteiger partial charge >= 0.3 is 11.9 Å². The van der Waals surface area contributed by atoms with Gasteiger partial charge in [0.15, 0.2) is 0 Å². The molecule has 102 valence electrons. The minimum absolute atomic E-state index is 0.109. The number of hydrogen-bond donors (Lipinski definition) is 1. The Kier molecular flexibility index (Phi) is 6.15. The summed E-state index contributed by atoms with van der Waals surface area (Å²) >= 11 is 0. The fraction of sp³-hybridized carbons (Fsp3) is 0.286. The molecule has 0 aliphatic heterocycles. The molecule has 0 aliphatic rings. The van der Waals surface area contributed by atoms with Crippen molar-refractivity contribution in [2.24, 2.45) is 0 Å². The highest BCUT2D eigenvalue weighted by molar-refractivity contribution is 5.81. The van der Waals surface area contributed by atoms with Crippen molar-refractivity contribution in [3.63, 3.8) is 0 Å². The number of hydrogen-bond acceptors (Lipinski definition) is 4. The van der Waals surface area contributed by atoms with Crippen LogP contribution in [0.3, 0.4) is 0 Å². The molecule has 0 bridgehead atoms. The van der Waals surface area contributed by atoms with Crippen molar-refractivity contribution >= 4 is 11.9 Å². The zero-order valence-electron chi connectivity index (χ0n) is 10.5. The molecule has 5 heteroatoms. The van der Waals surface area contributed by atoms with E-state index in [0.717, 1.165) is 11.6 Å². The largest absolute Gasteiger partial charge is 0.490 e. The summed E-state index contributed by atoms with van der Waals surface area (Å²) in [7, 11) is 0. The number of carbonyl (C=O) groups excluding carboxylic acids is 1. The lowest BCUT2D eigenvalue weighted by Gasteiger charge is -2.07. The van der Waals surface area contributed by atoms with Crippen molar-refractivity contribution in [3.05, 3.63) is 42.5 Å². The van der Waals surface area contributed by atoms with E-state index in [1.54, 1.807) is 12.1 Å². The second-order valence-electron chi connectivity index (χ2n) is 3.76. The minimum atomic E-state index is -0.815. The van der Waals surface area contributed by atoms with Crippen molar-refractivity contribution in [2.75, 3.05) is 13.2 Å². The zero-order chi connectivity index (χ0) is 14.1. The molecule has 5 nitrogen and oxygen atoms in total. The van der Waals surface area contributed by atoms with Crippen molar-refractivity contribution < 1.29 is 24.2 Å². The van der Waals surface area contributed by atoms with Crippen LogP contribution in [0, 0.1) is 0 Å². The number of carboxylic acids is 1. The zero-order valence-corrected chi connectivity index (χ0v) is 10.5. The Labute approximate surface area is 111 Å². The average molecular weight is 264 g/mol. The first kappa shape index (κ1) is 14.8. The van der Waals surface area contributed by atoms with Crippen LogP contribution in [-0.2, 0) is 20.7 Å². The smallest absolute Gasteiger partial charge is 0.330 e. The molecule has 0 amide bonds. The Morgan fingerprint density at radius 3 is 2.47 bits per heavy atom. The number of carbonyl (C=O) groups is 2. The first-order valence-electron chi connectivity index (χ1n) is 5.84. The first-order valence-corrected chi connectivity index (χ1v) is 5.84. The lowest BCUT2D eigenvalue weighted by atomic mass is 10.1. The van der Waals surface area contributed by atoms with Gasteiger partial charge in [-0.1, -0.05) is 18.7 Å². The Morgan fingerprint density at radius 1 is 1.21 bits per heavy atom. The second kappa shape index (κ2) is 7.92. The van der Waals surface area contributed by atoms with E-state index in [4.69, 9.17) is 14.6 Å². The lowest BCUT2D eigenvalue weighted by Crippen LogP contribution is -2.10. The molecular formula is C14H16O5. The van der Waals surface area contributed by atoms with Crippen LogP contribution in [0.15, 0.2) is 36.9 Å². The maximum Gasteiger partial charge on any atom is 0.330 e. The third-order valence-corrected chi connectivity index (χ3v) is 2.31. The Bertz CT molecular complexity index is 436. The number of ether oxygens (including phenoxy) is 2. The van der Waals surface area contributed by atoms with E-state index >= 15 is 0 Å². The summed E-state index contributed by atoms with van der Waals surface area (Å²) < 4.78 is 10.1. The standard InChI is InChI=1S/C14H16O5/c1-2-14(17)19-10-9-18-12-6-3-11(4-7-12)5-8-13(15)16/h2-4,6-7H,1,5,8-10H2,(H,15,16). The monoisotopic (exact) mass is 264 g/mol. The Balaban J connectivity index is 2.29. The van der Waals surface area contributed by atoms with Crippen LogP contribution >= 0.6 is 0 Å². The number of rotatable bonds is 8. The van der Waals surface area contributed by atoms with Gasteiger partial charge in [0.05, 0.1) is 0 Å². The van der Waals surface area contributed by atoms with Gasteiger partial charge in [0.25, 0.3) is 0 Å². The molecule has 0 radical (unpaired) electrons. The molecule has 1 rings (SSSR count). The quantitative estimate of drug-likeness (QED) is 0.440. The summed E-state index contributed by atoms with van der Waals surface area (Å²) in [5, 5.41) is 8.56. The van der Waals surface area contributed by atoms with Gasteiger partial charge in [-0.2, -0.15) is 0 Å².